The minimum Gasteiger partial charge on any atom is -0.370 e. The first-order chi connectivity index (χ1) is 18.1. The Kier molecular flexibility index (Phi) is 9.71. The number of rotatable bonds is 12. The molecule has 3 atom stereocenters. The van der Waals surface area contributed by atoms with Crippen LogP contribution in [0.1, 0.15) is 48.8 Å². The summed E-state index contributed by atoms with van der Waals surface area (Å²) in [6.45, 7) is 1.80. The molecule has 0 aliphatic carbocycles. The molecule has 8 N–H and O–H groups in total. The number of fused-ring (bicyclic) bond motifs is 1. The van der Waals surface area contributed by atoms with Gasteiger partial charge in [-0.05, 0) is 37.8 Å². The number of likely N-dealkylation sites (tertiary alicyclic amines) is 1. The molecule has 1 saturated heterocycles. The number of hydrogen-bond donors (Lipinski definition) is 6. The molecule has 3 rings (SSSR count). The number of aromatic nitrogens is 1. The number of carbonyl (C=O) groups excluding carboxylic acids is 5. The summed E-state index contributed by atoms with van der Waals surface area (Å²) >= 11 is 1.23. The molecule has 1 fully saturated rings. The quantitative estimate of drug-likeness (QED) is 0.0892. The molecule has 1 aliphatic heterocycles. The maximum Gasteiger partial charge on any atom is 0.246 e. The summed E-state index contributed by atoms with van der Waals surface area (Å²) in [5, 5.41) is 15.4. The Morgan fingerprint density at radius 3 is 2.55 bits per heavy atom. The molecule has 1 aliphatic rings. The van der Waals surface area contributed by atoms with Gasteiger partial charge in [-0.15, -0.1) is 11.3 Å². The van der Waals surface area contributed by atoms with Crippen LogP contribution in [0.3, 0.4) is 0 Å². The highest BCUT2D eigenvalue weighted by molar-refractivity contribution is 7.20. The number of carbonyl (C=O) groups is 5. The van der Waals surface area contributed by atoms with Gasteiger partial charge in [-0.2, -0.15) is 0 Å². The molecule has 2 heterocycles. The van der Waals surface area contributed by atoms with Crippen molar-refractivity contribution in [2.24, 2.45) is 11.5 Å². The minimum atomic E-state index is -1.18. The van der Waals surface area contributed by atoms with Crippen LogP contribution >= 0.6 is 11.3 Å². The van der Waals surface area contributed by atoms with E-state index in [0.29, 0.717) is 31.3 Å². The predicted octanol–water partition coefficient (Wildman–Crippen LogP) is -0.402. The Morgan fingerprint density at radius 2 is 1.89 bits per heavy atom. The fourth-order valence-corrected chi connectivity index (χ4v) is 5.30. The van der Waals surface area contributed by atoms with E-state index >= 15 is 0 Å². The first-order valence-corrected chi connectivity index (χ1v) is 13.0. The van der Waals surface area contributed by atoms with Gasteiger partial charge < -0.3 is 32.3 Å². The summed E-state index contributed by atoms with van der Waals surface area (Å²) < 4.78 is 0.838. The fourth-order valence-electron chi connectivity index (χ4n) is 4.34. The van der Waals surface area contributed by atoms with Crippen molar-refractivity contribution in [2.75, 3.05) is 13.1 Å². The molecular weight excluding hydrogens is 512 g/mol. The highest BCUT2D eigenvalue weighted by atomic mass is 32.1. The highest BCUT2D eigenvalue weighted by Gasteiger charge is 2.39. The monoisotopic (exact) mass is 544 g/mol. The molecule has 1 aromatic carbocycles. The molecule has 4 amide bonds. The maximum absolute atomic E-state index is 13.4. The molecule has 2 aromatic rings. The topological polar surface area (TPSA) is 213 Å². The highest BCUT2D eigenvalue weighted by Crippen LogP contribution is 2.24. The number of guanidine groups is 1. The Morgan fingerprint density at radius 1 is 1.16 bits per heavy atom. The van der Waals surface area contributed by atoms with Crippen molar-refractivity contribution in [2.45, 2.75) is 57.2 Å². The lowest BCUT2D eigenvalue weighted by atomic mass is 10.1. The SMILES string of the molecule is CC(=O)N[C@@H](CC(N)=O)C(=O)N1CCC[C@H]1C(=O)NC(CCCNC(=N)N)C(=O)c1nc2ccccc2s1. The molecule has 1 aromatic heterocycles. The van der Waals surface area contributed by atoms with Gasteiger partial charge >= 0.3 is 0 Å². The first-order valence-electron chi connectivity index (χ1n) is 12.2. The summed E-state index contributed by atoms with van der Waals surface area (Å²) in [7, 11) is 0. The fraction of sp³-hybridized carbons (Fsp3) is 0.458. The van der Waals surface area contributed by atoms with E-state index in [0.717, 1.165) is 4.70 Å². The molecule has 0 spiro atoms. The second-order valence-electron chi connectivity index (χ2n) is 9.01. The number of hydrogen-bond acceptors (Lipinski definition) is 8. The van der Waals surface area contributed by atoms with Gasteiger partial charge in [0.05, 0.1) is 22.7 Å². The molecule has 13 nitrogen and oxygen atoms in total. The Bertz CT molecular complexity index is 1180. The van der Waals surface area contributed by atoms with Crippen molar-refractivity contribution in [3.05, 3.63) is 29.3 Å². The van der Waals surface area contributed by atoms with E-state index in [2.05, 4.69) is 20.9 Å². The zero-order valence-corrected chi connectivity index (χ0v) is 21.8. The van der Waals surface area contributed by atoms with Crippen LogP contribution in [0.2, 0.25) is 0 Å². The average molecular weight is 545 g/mol. The van der Waals surface area contributed by atoms with E-state index in [4.69, 9.17) is 16.9 Å². The smallest absolute Gasteiger partial charge is 0.246 e. The zero-order valence-electron chi connectivity index (χ0n) is 21.0. The molecular formula is C24H32N8O5S. The second kappa shape index (κ2) is 12.9. The third-order valence-corrected chi connectivity index (χ3v) is 7.09. The lowest BCUT2D eigenvalue weighted by Gasteiger charge is -2.29. The summed E-state index contributed by atoms with van der Waals surface area (Å²) in [6.07, 6.45) is 1.17. The van der Waals surface area contributed by atoms with Crippen molar-refractivity contribution in [1.29, 1.82) is 5.41 Å². The van der Waals surface area contributed by atoms with E-state index in [9.17, 15) is 24.0 Å². The van der Waals surface area contributed by atoms with Gasteiger partial charge in [0.2, 0.25) is 29.4 Å². The first kappa shape index (κ1) is 28.5. The number of amides is 4. The Balaban J connectivity index is 1.77. The zero-order chi connectivity index (χ0) is 27.8. The molecule has 0 radical (unpaired) electrons. The number of para-hydroxylation sites is 1. The number of ketones is 1. The van der Waals surface area contributed by atoms with Crippen LogP contribution in [0, 0.1) is 5.41 Å². The van der Waals surface area contributed by atoms with Gasteiger partial charge in [0.25, 0.3) is 0 Å². The van der Waals surface area contributed by atoms with Crippen molar-refractivity contribution < 1.29 is 24.0 Å². The molecule has 204 valence electrons. The number of benzene rings is 1. The third-order valence-electron chi connectivity index (χ3n) is 6.04. The number of nitrogens with two attached hydrogens (primary N) is 2. The van der Waals surface area contributed by atoms with E-state index in [1.165, 1.54) is 23.2 Å². The van der Waals surface area contributed by atoms with Crippen LogP contribution in [0.4, 0.5) is 0 Å². The molecule has 14 heteroatoms. The molecule has 38 heavy (non-hydrogen) atoms. The third kappa shape index (κ3) is 7.47. The Hall–Kier alpha value is -4.07. The van der Waals surface area contributed by atoms with Gasteiger partial charge in [-0.1, -0.05) is 12.1 Å². The minimum absolute atomic E-state index is 0.201. The van der Waals surface area contributed by atoms with E-state index in [1.807, 2.05) is 18.2 Å². The van der Waals surface area contributed by atoms with Crippen LogP contribution in [0.25, 0.3) is 10.2 Å². The van der Waals surface area contributed by atoms with Crippen molar-refractivity contribution in [3.63, 3.8) is 0 Å². The lowest BCUT2D eigenvalue weighted by molar-refractivity contribution is -0.142. The van der Waals surface area contributed by atoms with Crippen LogP contribution in [-0.2, 0) is 19.2 Å². The van der Waals surface area contributed by atoms with Crippen LogP contribution in [0.5, 0.6) is 0 Å². The Labute approximate surface area is 223 Å². The second-order valence-corrected chi connectivity index (χ2v) is 10.0. The summed E-state index contributed by atoms with van der Waals surface area (Å²) in [4.78, 5) is 68.7. The van der Waals surface area contributed by atoms with Crippen LogP contribution in [-0.4, -0.2) is 76.5 Å². The maximum atomic E-state index is 13.4. The van der Waals surface area contributed by atoms with Crippen molar-refractivity contribution in [3.8, 4) is 0 Å². The summed E-state index contributed by atoms with van der Waals surface area (Å²) in [6, 6.07) is 4.33. The van der Waals surface area contributed by atoms with Crippen LogP contribution in [0.15, 0.2) is 24.3 Å². The van der Waals surface area contributed by atoms with E-state index in [1.54, 1.807) is 6.07 Å². The number of nitrogens with zero attached hydrogens (tertiary/aromatic N) is 2. The summed E-state index contributed by atoms with van der Waals surface area (Å²) in [5.41, 5.74) is 11.3. The van der Waals surface area contributed by atoms with Crippen LogP contribution < -0.4 is 27.4 Å². The predicted molar refractivity (Wildman–Crippen MR) is 141 cm³/mol. The number of primary amides is 1. The number of Topliss-reactive ketones (excluding diaryl/α,β-unsaturated/α-hetero) is 1. The number of nitrogens with one attached hydrogen (secondary N) is 4. The standard InChI is InChI=1S/C24H32N8O5S/c1-13(33)29-16(12-19(25)34)23(37)32-11-5-8-17(32)21(36)30-15(7-4-10-28-24(26)27)20(35)22-31-14-6-2-3-9-18(14)38-22/h2-3,6,9,15-17H,4-5,7-8,10-12H2,1H3,(H2,25,34)(H,29,33)(H,30,36)(H4,26,27,28)/t15?,16-,17-/m0/s1. The molecule has 0 bridgehead atoms. The number of thiazole rings is 1. The van der Waals surface area contributed by atoms with Gasteiger partial charge in [0.15, 0.2) is 11.0 Å². The summed E-state index contributed by atoms with van der Waals surface area (Å²) in [5.74, 6) is -2.94. The van der Waals surface area contributed by atoms with E-state index < -0.39 is 48.2 Å². The lowest BCUT2D eigenvalue weighted by Crippen LogP contribution is -2.55. The van der Waals surface area contributed by atoms with Gasteiger partial charge in [-0.25, -0.2) is 4.98 Å². The largest absolute Gasteiger partial charge is 0.370 e. The van der Waals surface area contributed by atoms with Crippen molar-refractivity contribution in [1.82, 2.24) is 25.8 Å². The van der Waals surface area contributed by atoms with Gasteiger partial charge in [0, 0.05) is 20.0 Å². The van der Waals surface area contributed by atoms with Gasteiger partial charge in [0.1, 0.15) is 12.1 Å². The molecule has 0 saturated carbocycles. The molecule has 1 unspecified atom stereocenters. The van der Waals surface area contributed by atoms with Gasteiger partial charge in [-0.3, -0.25) is 29.4 Å². The average Bonchev–Trinajstić information content (AvgIpc) is 3.51. The normalized spacial score (nSPS) is 16.4. The van der Waals surface area contributed by atoms with Crippen molar-refractivity contribution >= 4 is 56.9 Å². The van der Waals surface area contributed by atoms with E-state index in [-0.39, 0.29) is 29.7 Å².